The molecule has 16 heavy (non-hydrogen) atoms. The van der Waals surface area contributed by atoms with E-state index in [0.29, 0.717) is 5.56 Å². The van der Waals surface area contributed by atoms with Crippen molar-refractivity contribution in [1.29, 1.82) is 0 Å². The molecule has 0 fully saturated rings. The predicted octanol–water partition coefficient (Wildman–Crippen LogP) is 2.18. The maximum Gasteiger partial charge on any atom is 0.346 e. The number of nitrogens with zero attached hydrogens (tertiary/aromatic N) is 1. The third-order valence-corrected chi connectivity index (χ3v) is 3.16. The Hall–Kier alpha value is -1.87. The Morgan fingerprint density at radius 3 is 2.25 bits per heavy atom. The largest absolute Gasteiger partial charge is 0.466 e. The van der Waals surface area contributed by atoms with Crippen molar-refractivity contribution in [3.8, 4) is 0 Å². The lowest BCUT2D eigenvalue weighted by molar-refractivity contribution is 0.0602. The summed E-state index contributed by atoms with van der Waals surface area (Å²) in [6.07, 6.45) is 0. The molecule has 84 valence electrons. The summed E-state index contributed by atoms with van der Waals surface area (Å²) in [7, 11) is 2.47. The van der Waals surface area contributed by atoms with Gasteiger partial charge in [-0.2, -0.15) is 0 Å². The summed E-state index contributed by atoms with van der Waals surface area (Å²) in [6.45, 7) is 8.52. The Morgan fingerprint density at radius 2 is 1.81 bits per heavy atom. The van der Waals surface area contributed by atoms with Crippen molar-refractivity contribution in [3.63, 3.8) is 0 Å². The highest BCUT2D eigenvalue weighted by Gasteiger charge is 2.25. The van der Waals surface area contributed by atoms with Gasteiger partial charge in [0.15, 0.2) is 0 Å². The van der Waals surface area contributed by atoms with Crippen molar-refractivity contribution in [3.05, 3.63) is 27.4 Å². The van der Waals surface area contributed by atoms with Crippen LogP contribution in [-0.4, -0.2) is 26.2 Å². The van der Waals surface area contributed by atoms with E-state index in [-0.39, 0.29) is 15.4 Å². The fraction of sp³-hybridized carbons (Fsp3) is 0.300. The highest BCUT2D eigenvalue weighted by Crippen LogP contribution is 2.36. The second kappa shape index (κ2) is 4.77. The van der Waals surface area contributed by atoms with Gasteiger partial charge in [0, 0.05) is 0 Å². The number of esters is 2. The van der Waals surface area contributed by atoms with Crippen LogP contribution in [0, 0.1) is 13.5 Å². The number of ether oxygens (including phenoxy) is 2. The lowest BCUT2D eigenvalue weighted by atomic mass is 10.1. The molecule has 0 radical (unpaired) electrons. The van der Waals surface area contributed by atoms with Crippen LogP contribution in [-0.2, 0) is 9.47 Å². The molecule has 0 atom stereocenters. The van der Waals surface area contributed by atoms with Gasteiger partial charge in [-0.25, -0.2) is 14.4 Å². The van der Waals surface area contributed by atoms with E-state index in [9.17, 15) is 9.59 Å². The zero-order valence-corrected chi connectivity index (χ0v) is 9.80. The molecule has 5 nitrogen and oxygen atoms in total. The van der Waals surface area contributed by atoms with Gasteiger partial charge in [-0.15, -0.1) is 11.3 Å². The van der Waals surface area contributed by atoms with Gasteiger partial charge in [0.2, 0.25) is 0 Å². The van der Waals surface area contributed by atoms with Gasteiger partial charge in [0.1, 0.15) is 4.88 Å². The summed E-state index contributed by atoms with van der Waals surface area (Å²) in [5, 5.41) is 0.143. The molecule has 6 heteroatoms. The zero-order valence-electron chi connectivity index (χ0n) is 8.99. The number of thiophene rings is 1. The second-order valence-electron chi connectivity index (χ2n) is 2.83. The number of hydrogen-bond donors (Lipinski definition) is 0. The maximum atomic E-state index is 11.4. The Labute approximate surface area is 96.4 Å². The number of hydrogen-bond acceptors (Lipinski definition) is 5. The molecular formula is C10H9NO4S. The van der Waals surface area contributed by atoms with Gasteiger partial charge in [0.25, 0.3) is 5.00 Å². The van der Waals surface area contributed by atoms with Crippen molar-refractivity contribution in [2.24, 2.45) is 0 Å². The molecule has 0 aliphatic heterocycles. The normalized spacial score (nSPS) is 9.38. The van der Waals surface area contributed by atoms with Crippen LogP contribution in [0.25, 0.3) is 4.85 Å². The second-order valence-corrected chi connectivity index (χ2v) is 3.83. The first-order valence-electron chi connectivity index (χ1n) is 4.24. The predicted molar refractivity (Wildman–Crippen MR) is 58.0 cm³/mol. The topological polar surface area (TPSA) is 57.0 Å². The molecule has 0 spiro atoms. The first-order chi connectivity index (χ1) is 7.56. The van der Waals surface area contributed by atoms with Crippen molar-refractivity contribution in [2.45, 2.75) is 6.92 Å². The van der Waals surface area contributed by atoms with Crippen molar-refractivity contribution < 1.29 is 19.1 Å². The monoisotopic (exact) mass is 239 g/mol. The molecule has 0 saturated carbocycles. The molecule has 0 bridgehead atoms. The molecule has 0 saturated heterocycles. The van der Waals surface area contributed by atoms with Crippen molar-refractivity contribution in [2.75, 3.05) is 14.2 Å². The third kappa shape index (κ3) is 1.90. The molecule has 1 heterocycles. The molecule has 1 aromatic rings. The van der Waals surface area contributed by atoms with Gasteiger partial charge in [-0.05, 0) is 12.5 Å². The summed E-state index contributed by atoms with van der Waals surface area (Å²) in [5.74, 6) is -1.17. The molecule has 0 aliphatic carbocycles. The minimum absolute atomic E-state index is 0.142. The molecule has 0 aliphatic rings. The van der Waals surface area contributed by atoms with Crippen LogP contribution in [0.5, 0.6) is 0 Å². The van der Waals surface area contributed by atoms with Gasteiger partial charge >= 0.3 is 11.9 Å². The van der Waals surface area contributed by atoms with Crippen LogP contribution in [0.2, 0.25) is 0 Å². The minimum atomic E-state index is -0.616. The average molecular weight is 239 g/mol. The Balaban J connectivity index is 3.39. The quantitative estimate of drug-likeness (QED) is 0.586. The Morgan fingerprint density at radius 1 is 1.25 bits per heavy atom. The Kier molecular flexibility index (Phi) is 3.64. The van der Waals surface area contributed by atoms with E-state index < -0.39 is 11.9 Å². The van der Waals surface area contributed by atoms with E-state index in [1.807, 2.05) is 0 Å². The highest BCUT2D eigenvalue weighted by atomic mass is 32.1. The molecule has 1 rings (SSSR count). The van der Waals surface area contributed by atoms with Crippen LogP contribution in [0.3, 0.4) is 0 Å². The molecule has 0 unspecified atom stereocenters. The summed E-state index contributed by atoms with van der Waals surface area (Å²) in [5.41, 5.74) is 0.567. The van der Waals surface area contributed by atoms with Crippen LogP contribution in [0.4, 0.5) is 5.00 Å². The fourth-order valence-corrected chi connectivity index (χ4v) is 2.21. The first-order valence-corrected chi connectivity index (χ1v) is 5.05. The van der Waals surface area contributed by atoms with E-state index in [1.165, 1.54) is 14.2 Å². The lowest BCUT2D eigenvalue weighted by Crippen LogP contribution is -2.05. The Bertz CT molecular complexity index is 484. The number of rotatable bonds is 2. The van der Waals surface area contributed by atoms with Crippen molar-refractivity contribution >= 4 is 28.3 Å². The van der Waals surface area contributed by atoms with E-state index >= 15 is 0 Å². The molecule has 0 aromatic carbocycles. The maximum absolute atomic E-state index is 11.4. The zero-order chi connectivity index (χ0) is 12.3. The van der Waals surface area contributed by atoms with Gasteiger partial charge in [0.05, 0.1) is 26.4 Å². The van der Waals surface area contributed by atoms with E-state index in [0.717, 1.165) is 11.3 Å². The van der Waals surface area contributed by atoms with Crippen LogP contribution in [0.15, 0.2) is 0 Å². The number of carbonyl (C=O) groups is 2. The summed E-state index contributed by atoms with van der Waals surface area (Å²) in [4.78, 5) is 26.2. The van der Waals surface area contributed by atoms with Crippen molar-refractivity contribution in [1.82, 2.24) is 0 Å². The van der Waals surface area contributed by atoms with Gasteiger partial charge in [-0.1, -0.05) is 0 Å². The van der Waals surface area contributed by atoms with E-state index in [4.69, 9.17) is 6.57 Å². The first kappa shape index (κ1) is 12.2. The van der Waals surface area contributed by atoms with Crippen LogP contribution >= 0.6 is 11.3 Å². The fourth-order valence-electron chi connectivity index (χ4n) is 1.21. The van der Waals surface area contributed by atoms with E-state index in [1.54, 1.807) is 6.92 Å². The summed E-state index contributed by atoms with van der Waals surface area (Å²) >= 11 is 0.933. The van der Waals surface area contributed by atoms with Crippen LogP contribution < -0.4 is 0 Å². The highest BCUT2D eigenvalue weighted by molar-refractivity contribution is 7.18. The molecule has 0 amide bonds. The van der Waals surface area contributed by atoms with Gasteiger partial charge in [-0.3, -0.25) is 0 Å². The average Bonchev–Trinajstić information content (AvgIpc) is 2.64. The third-order valence-electron chi connectivity index (χ3n) is 1.99. The molecular weight excluding hydrogens is 230 g/mol. The SMILES string of the molecule is [C-]#[N+]c1sc(C(=O)OC)c(C)c1C(=O)OC. The molecule has 1 aromatic heterocycles. The summed E-state index contributed by atoms with van der Waals surface area (Å²) in [6, 6.07) is 0. The molecule has 0 N–H and O–H groups in total. The summed E-state index contributed by atoms with van der Waals surface area (Å²) < 4.78 is 9.12. The smallest absolute Gasteiger partial charge is 0.346 e. The minimum Gasteiger partial charge on any atom is -0.466 e. The van der Waals surface area contributed by atoms with E-state index in [2.05, 4.69) is 14.3 Å². The van der Waals surface area contributed by atoms with Gasteiger partial charge < -0.3 is 9.47 Å². The number of carbonyl (C=O) groups excluding carboxylic acids is 2. The number of methoxy groups -OCH3 is 2. The lowest BCUT2D eigenvalue weighted by Gasteiger charge is -2.00. The standard InChI is InChI=1S/C10H9NO4S/c1-5-6(9(12)14-3)8(11-2)16-7(5)10(13)15-4/h1,3-4H3. The van der Waals surface area contributed by atoms with Crippen LogP contribution in [0.1, 0.15) is 25.6 Å².